The molecule has 2 fully saturated rings. The van der Waals surface area contributed by atoms with E-state index in [1.807, 2.05) is 6.07 Å². The number of hydrogen-bond donors (Lipinski definition) is 1. The molecule has 1 spiro atoms. The summed E-state index contributed by atoms with van der Waals surface area (Å²) in [4.78, 5) is 1.30. The second kappa shape index (κ2) is 5.70. The van der Waals surface area contributed by atoms with Crippen LogP contribution in [0.4, 0.5) is 0 Å². The molecule has 0 aromatic carbocycles. The Hall–Kier alpha value is -0.130. The fourth-order valence-electron chi connectivity index (χ4n) is 3.03. The monoisotopic (exact) mass is 301 g/mol. The summed E-state index contributed by atoms with van der Waals surface area (Å²) in [5, 5.41) is 3.72. The average molecular weight is 302 g/mol. The zero-order valence-corrected chi connectivity index (χ0v) is 12.7. The first-order valence-corrected chi connectivity index (χ1v) is 8.09. The van der Waals surface area contributed by atoms with Crippen molar-refractivity contribution >= 4 is 22.9 Å². The molecule has 2 aliphatic heterocycles. The lowest BCUT2D eigenvalue weighted by molar-refractivity contribution is -0.0902. The Morgan fingerprint density at radius 2 is 2.37 bits per heavy atom. The molecular weight excluding hydrogens is 282 g/mol. The zero-order valence-electron chi connectivity index (χ0n) is 11.2. The third kappa shape index (κ3) is 3.14. The van der Waals surface area contributed by atoms with Gasteiger partial charge in [-0.15, -0.1) is 11.3 Å². The van der Waals surface area contributed by atoms with Crippen molar-refractivity contribution in [2.45, 2.75) is 43.9 Å². The second-order valence-corrected chi connectivity index (χ2v) is 7.30. The van der Waals surface area contributed by atoms with Gasteiger partial charge in [0.2, 0.25) is 0 Å². The minimum atomic E-state index is -0.0251. The first-order chi connectivity index (χ1) is 9.17. The molecule has 106 valence electrons. The first-order valence-electron chi connectivity index (χ1n) is 6.90. The fourth-order valence-corrected chi connectivity index (χ4v) is 4.10. The number of nitrogens with one attached hydrogen (secondary N) is 1. The van der Waals surface area contributed by atoms with E-state index in [2.05, 4.69) is 18.3 Å². The molecule has 3 nitrogen and oxygen atoms in total. The molecule has 2 aliphatic rings. The molecule has 0 bridgehead atoms. The summed E-state index contributed by atoms with van der Waals surface area (Å²) in [7, 11) is 0. The van der Waals surface area contributed by atoms with Crippen molar-refractivity contribution in [1.29, 1.82) is 0 Å². The van der Waals surface area contributed by atoms with Crippen LogP contribution in [0.1, 0.15) is 37.1 Å². The van der Waals surface area contributed by atoms with Gasteiger partial charge in [-0.05, 0) is 31.9 Å². The van der Waals surface area contributed by atoms with Crippen LogP contribution in [0, 0.1) is 0 Å². The van der Waals surface area contributed by atoms with Crippen LogP contribution in [0.15, 0.2) is 12.1 Å². The summed E-state index contributed by atoms with van der Waals surface area (Å²) < 4.78 is 12.3. The van der Waals surface area contributed by atoms with Gasteiger partial charge in [-0.25, -0.2) is 0 Å². The number of halogens is 1. The van der Waals surface area contributed by atoms with Gasteiger partial charge in [0.25, 0.3) is 0 Å². The summed E-state index contributed by atoms with van der Waals surface area (Å²) >= 11 is 7.66. The van der Waals surface area contributed by atoms with Gasteiger partial charge in [0, 0.05) is 36.6 Å². The average Bonchev–Trinajstić information content (AvgIpc) is 2.99. The third-order valence-corrected chi connectivity index (χ3v) is 5.48. The predicted octanol–water partition coefficient (Wildman–Crippen LogP) is 3.39. The Bertz CT molecular complexity index is 431. The summed E-state index contributed by atoms with van der Waals surface area (Å²) in [5.74, 6) is 0. The Morgan fingerprint density at radius 3 is 3.05 bits per heavy atom. The largest absolute Gasteiger partial charge is 0.378 e. The Balaban J connectivity index is 1.60. The molecule has 1 N–H and O–H groups in total. The maximum Gasteiger partial charge on any atom is 0.0951 e. The van der Waals surface area contributed by atoms with Crippen LogP contribution in [0.3, 0.4) is 0 Å². The van der Waals surface area contributed by atoms with E-state index in [0.717, 1.165) is 43.4 Å². The molecule has 0 saturated carbocycles. The molecule has 0 aliphatic carbocycles. The molecule has 3 atom stereocenters. The molecule has 19 heavy (non-hydrogen) atoms. The van der Waals surface area contributed by atoms with Crippen LogP contribution in [0.25, 0.3) is 0 Å². The van der Waals surface area contributed by atoms with Gasteiger partial charge in [-0.3, -0.25) is 0 Å². The van der Waals surface area contributed by atoms with Gasteiger partial charge in [0.1, 0.15) is 0 Å². The van der Waals surface area contributed by atoms with E-state index in [1.165, 1.54) is 4.88 Å². The molecule has 0 amide bonds. The summed E-state index contributed by atoms with van der Waals surface area (Å²) in [5.41, 5.74) is -0.0251. The van der Waals surface area contributed by atoms with E-state index >= 15 is 0 Å². The normalized spacial score (nSPS) is 32.8. The van der Waals surface area contributed by atoms with Gasteiger partial charge < -0.3 is 14.8 Å². The van der Waals surface area contributed by atoms with Gasteiger partial charge in [-0.2, -0.15) is 0 Å². The molecule has 1 aromatic rings. The van der Waals surface area contributed by atoms with E-state index in [1.54, 1.807) is 11.3 Å². The molecule has 3 heterocycles. The second-order valence-electron chi connectivity index (χ2n) is 5.55. The molecule has 5 heteroatoms. The van der Waals surface area contributed by atoms with E-state index in [4.69, 9.17) is 21.1 Å². The minimum absolute atomic E-state index is 0.0251. The predicted molar refractivity (Wildman–Crippen MR) is 78.0 cm³/mol. The highest BCUT2D eigenvalue weighted by Crippen LogP contribution is 2.34. The van der Waals surface area contributed by atoms with Crippen LogP contribution in [0.2, 0.25) is 4.34 Å². The standard InChI is InChI=1S/C14H20ClNO2S/c1-10(12-2-3-13(15)19-12)16-11-4-6-18-14(8-11)5-7-17-9-14/h2-3,10-11,16H,4-9H2,1H3. The van der Waals surface area contributed by atoms with Gasteiger partial charge in [-0.1, -0.05) is 11.6 Å². The summed E-state index contributed by atoms with van der Waals surface area (Å²) in [6.45, 7) is 4.63. The van der Waals surface area contributed by atoms with Crippen LogP contribution in [0.5, 0.6) is 0 Å². The summed E-state index contributed by atoms with van der Waals surface area (Å²) in [6, 6.07) is 4.93. The van der Waals surface area contributed by atoms with Crippen molar-refractivity contribution in [2.75, 3.05) is 19.8 Å². The zero-order chi connectivity index (χ0) is 13.3. The molecule has 1 aromatic heterocycles. The van der Waals surface area contributed by atoms with Crippen molar-refractivity contribution in [3.63, 3.8) is 0 Å². The molecule has 0 radical (unpaired) electrons. The van der Waals surface area contributed by atoms with Crippen molar-refractivity contribution in [1.82, 2.24) is 5.32 Å². The van der Waals surface area contributed by atoms with Crippen LogP contribution >= 0.6 is 22.9 Å². The van der Waals surface area contributed by atoms with Crippen molar-refractivity contribution in [3.8, 4) is 0 Å². The highest BCUT2D eigenvalue weighted by Gasteiger charge is 2.41. The molecule has 3 unspecified atom stereocenters. The van der Waals surface area contributed by atoms with Crippen molar-refractivity contribution < 1.29 is 9.47 Å². The molecule has 2 saturated heterocycles. The van der Waals surface area contributed by atoms with Crippen molar-refractivity contribution in [3.05, 3.63) is 21.3 Å². The van der Waals surface area contributed by atoms with Gasteiger partial charge in [0.05, 0.1) is 16.5 Å². The van der Waals surface area contributed by atoms with E-state index in [9.17, 15) is 0 Å². The number of rotatable bonds is 3. The SMILES string of the molecule is CC(NC1CCOC2(CCOC2)C1)c1ccc(Cl)s1. The van der Waals surface area contributed by atoms with Crippen LogP contribution in [-0.2, 0) is 9.47 Å². The number of hydrogen-bond acceptors (Lipinski definition) is 4. The Kier molecular flexibility index (Phi) is 4.15. The van der Waals surface area contributed by atoms with Crippen molar-refractivity contribution in [2.24, 2.45) is 0 Å². The fraction of sp³-hybridized carbons (Fsp3) is 0.714. The van der Waals surface area contributed by atoms with Gasteiger partial charge >= 0.3 is 0 Å². The number of thiophene rings is 1. The van der Waals surface area contributed by atoms with Crippen LogP contribution in [-0.4, -0.2) is 31.5 Å². The molecule has 3 rings (SSSR count). The highest BCUT2D eigenvalue weighted by molar-refractivity contribution is 7.16. The Morgan fingerprint density at radius 1 is 1.47 bits per heavy atom. The highest BCUT2D eigenvalue weighted by atomic mass is 35.5. The smallest absolute Gasteiger partial charge is 0.0951 e. The maximum absolute atomic E-state index is 6.00. The Labute approximate surface area is 123 Å². The lowest BCUT2D eigenvalue weighted by Crippen LogP contribution is -2.47. The lowest BCUT2D eigenvalue weighted by atomic mass is 9.89. The van der Waals surface area contributed by atoms with Gasteiger partial charge in [0.15, 0.2) is 0 Å². The van der Waals surface area contributed by atoms with Crippen LogP contribution < -0.4 is 5.32 Å². The minimum Gasteiger partial charge on any atom is -0.378 e. The quantitative estimate of drug-likeness (QED) is 0.928. The summed E-state index contributed by atoms with van der Waals surface area (Å²) in [6.07, 6.45) is 3.16. The van der Waals surface area contributed by atoms with E-state index < -0.39 is 0 Å². The third-order valence-electron chi connectivity index (χ3n) is 4.07. The van der Waals surface area contributed by atoms with E-state index in [-0.39, 0.29) is 5.60 Å². The lowest BCUT2D eigenvalue weighted by Gasteiger charge is -2.38. The number of ether oxygens (including phenoxy) is 2. The maximum atomic E-state index is 6.00. The van der Waals surface area contributed by atoms with E-state index in [0.29, 0.717) is 12.1 Å². The topological polar surface area (TPSA) is 30.5 Å². The first kappa shape index (κ1) is 13.8. The molecular formula is C14H20ClNO2S.